The normalized spacial score (nSPS) is 19.1. The molecule has 0 bridgehead atoms. The number of halogens is 1. The van der Waals surface area contributed by atoms with Crippen LogP contribution in [0.4, 0.5) is 16.2 Å². The van der Waals surface area contributed by atoms with Gasteiger partial charge in [-0.1, -0.05) is 6.42 Å². The van der Waals surface area contributed by atoms with Gasteiger partial charge in [-0.25, -0.2) is 9.79 Å². The molecule has 0 unspecified atom stereocenters. The molecule has 1 heterocycles. The van der Waals surface area contributed by atoms with Crippen LogP contribution in [-0.4, -0.2) is 29.3 Å². The quantitative estimate of drug-likeness (QED) is 0.630. The molecule has 0 atom stereocenters. The summed E-state index contributed by atoms with van der Waals surface area (Å²) in [6.07, 6.45) is 4.38. The van der Waals surface area contributed by atoms with E-state index in [1.165, 1.54) is 0 Å². The Labute approximate surface area is 173 Å². The smallest absolute Gasteiger partial charge is 0.412 e. The van der Waals surface area contributed by atoms with Crippen molar-refractivity contribution in [3.05, 3.63) is 22.7 Å². The fourth-order valence-corrected chi connectivity index (χ4v) is 4.08. The molecule has 28 heavy (non-hydrogen) atoms. The van der Waals surface area contributed by atoms with Crippen LogP contribution in [0.25, 0.3) is 0 Å². The first-order valence-electron chi connectivity index (χ1n) is 9.39. The number of nitrogens with one attached hydrogen (secondary N) is 1. The van der Waals surface area contributed by atoms with Crippen LogP contribution in [0, 0.1) is 0 Å². The molecule has 5 N–H and O–H groups in total. The average molecular weight is 451 g/mol. The van der Waals surface area contributed by atoms with E-state index < -0.39 is 17.4 Å². The van der Waals surface area contributed by atoms with Crippen molar-refractivity contribution in [2.75, 3.05) is 10.2 Å². The van der Waals surface area contributed by atoms with Crippen LogP contribution in [0.2, 0.25) is 0 Å². The first-order valence-corrected chi connectivity index (χ1v) is 10.2. The summed E-state index contributed by atoms with van der Waals surface area (Å²) in [5.41, 5.74) is 12.5. The van der Waals surface area contributed by atoms with Gasteiger partial charge in [-0.3, -0.25) is 10.2 Å². The lowest BCUT2D eigenvalue weighted by molar-refractivity contribution is 0.0636. The summed E-state index contributed by atoms with van der Waals surface area (Å²) in [5.74, 6) is 0.499. The van der Waals surface area contributed by atoms with Crippen molar-refractivity contribution in [3.63, 3.8) is 0 Å². The Balaban J connectivity index is 1.95. The van der Waals surface area contributed by atoms with E-state index >= 15 is 0 Å². The minimum atomic E-state index is -0.579. The second-order valence-electron chi connectivity index (χ2n) is 8.11. The summed E-state index contributed by atoms with van der Waals surface area (Å²) in [5, 5.41) is 2.77. The number of hydrogen-bond acceptors (Lipinski definition) is 7. The summed E-state index contributed by atoms with van der Waals surface area (Å²) in [7, 11) is 0. The monoisotopic (exact) mass is 450 g/mol. The fraction of sp³-hybridized carbons (Fsp3) is 0.526. The minimum absolute atomic E-state index is 0.204. The van der Waals surface area contributed by atoms with Gasteiger partial charge in [-0.05, 0) is 80.6 Å². The number of carbonyl (C=O) groups excluding carboxylic acids is 1. The van der Waals surface area contributed by atoms with Gasteiger partial charge < -0.3 is 16.2 Å². The third kappa shape index (κ3) is 4.40. The van der Waals surface area contributed by atoms with Crippen molar-refractivity contribution in [2.24, 2.45) is 21.5 Å². The zero-order valence-electron chi connectivity index (χ0n) is 16.5. The molecule has 0 aromatic heterocycles. The maximum atomic E-state index is 12.2. The highest BCUT2D eigenvalue weighted by Crippen LogP contribution is 2.42. The molecule has 8 nitrogen and oxygen atoms in total. The van der Waals surface area contributed by atoms with Crippen molar-refractivity contribution in [3.8, 4) is 0 Å². The fourth-order valence-electron chi connectivity index (χ4n) is 3.65. The summed E-state index contributed by atoms with van der Waals surface area (Å²) in [6.45, 7) is 5.46. The van der Waals surface area contributed by atoms with Gasteiger partial charge in [-0.15, -0.1) is 0 Å². The Morgan fingerprint density at radius 3 is 2.57 bits per heavy atom. The van der Waals surface area contributed by atoms with Gasteiger partial charge in [-0.2, -0.15) is 4.99 Å². The molecule has 9 heteroatoms. The van der Waals surface area contributed by atoms with E-state index in [2.05, 4.69) is 31.2 Å². The molecule has 1 aliphatic carbocycles. The van der Waals surface area contributed by atoms with Gasteiger partial charge in [0.05, 0.1) is 5.69 Å². The highest BCUT2D eigenvalue weighted by atomic mass is 79.9. The van der Waals surface area contributed by atoms with Crippen molar-refractivity contribution >= 4 is 45.3 Å². The second kappa shape index (κ2) is 7.62. The molecule has 1 spiro atoms. The van der Waals surface area contributed by atoms with Crippen LogP contribution >= 0.6 is 15.9 Å². The number of rotatable bonds is 2. The van der Waals surface area contributed by atoms with E-state index in [1.54, 1.807) is 6.07 Å². The SMILES string of the molecule is CC(C)(C)OC(=O)Nc1ccc(Br)c(N2C(N)=NC(N)=NC23CCCCC3)c1. The van der Waals surface area contributed by atoms with Gasteiger partial charge >= 0.3 is 6.09 Å². The number of carbonyl (C=O) groups is 1. The average Bonchev–Trinajstić information content (AvgIpc) is 2.56. The molecule has 0 saturated heterocycles. The summed E-state index contributed by atoms with van der Waals surface area (Å²) < 4.78 is 6.16. The molecule has 1 aliphatic heterocycles. The molecular weight excluding hydrogens is 424 g/mol. The number of aliphatic imine (C=N–C) groups is 2. The predicted octanol–water partition coefficient (Wildman–Crippen LogP) is 3.91. The van der Waals surface area contributed by atoms with Gasteiger partial charge in [0, 0.05) is 10.2 Å². The van der Waals surface area contributed by atoms with Crippen molar-refractivity contribution < 1.29 is 9.53 Å². The van der Waals surface area contributed by atoms with Crippen LogP contribution in [0.5, 0.6) is 0 Å². The van der Waals surface area contributed by atoms with Crippen LogP contribution in [0.1, 0.15) is 52.9 Å². The van der Waals surface area contributed by atoms with Crippen LogP contribution in [-0.2, 0) is 4.74 Å². The molecule has 1 saturated carbocycles. The Morgan fingerprint density at radius 1 is 1.25 bits per heavy atom. The van der Waals surface area contributed by atoms with Crippen molar-refractivity contribution in [1.29, 1.82) is 0 Å². The summed E-state index contributed by atoms with van der Waals surface area (Å²) in [4.78, 5) is 22.9. The molecule has 1 aromatic carbocycles. The lowest BCUT2D eigenvalue weighted by atomic mass is 9.87. The first kappa shape index (κ1) is 20.4. The molecule has 1 aromatic rings. The highest BCUT2D eigenvalue weighted by molar-refractivity contribution is 9.10. The molecule has 2 aliphatic rings. The lowest BCUT2D eigenvalue weighted by Crippen LogP contribution is -2.58. The maximum absolute atomic E-state index is 12.2. The van der Waals surface area contributed by atoms with E-state index in [-0.39, 0.29) is 5.96 Å². The Kier molecular flexibility index (Phi) is 5.56. The Hall–Kier alpha value is -2.29. The molecule has 3 rings (SSSR count). The van der Waals surface area contributed by atoms with Crippen LogP contribution in [0.3, 0.4) is 0 Å². The number of guanidine groups is 2. The number of nitrogens with two attached hydrogens (primary N) is 2. The van der Waals surface area contributed by atoms with Gasteiger partial charge in [0.25, 0.3) is 0 Å². The molecule has 152 valence electrons. The standard InChI is InChI=1S/C19H27BrN6O2/c1-18(2,3)28-17(27)23-12-7-8-13(20)14(11-12)26-16(22)24-15(21)25-19(26)9-5-4-6-10-19/h7-8,11H,4-6,9-10H2,1-3H3,(H,23,27)(H4,21,22,24,25). The van der Waals surface area contributed by atoms with E-state index in [9.17, 15) is 4.79 Å². The third-order valence-corrected chi connectivity index (χ3v) is 5.35. The second-order valence-corrected chi connectivity index (χ2v) is 8.97. The van der Waals surface area contributed by atoms with E-state index in [1.807, 2.05) is 37.8 Å². The van der Waals surface area contributed by atoms with E-state index in [0.29, 0.717) is 11.6 Å². The first-order chi connectivity index (χ1) is 13.1. The van der Waals surface area contributed by atoms with Crippen LogP contribution < -0.4 is 21.7 Å². The largest absolute Gasteiger partial charge is 0.444 e. The topological polar surface area (TPSA) is 118 Å². The molecule has 1 fully saturated rings. The maximum Gasteiger partial charge on any atom is 0.412 e. The summed E-state index contributed by atoms with van der Waals surface area (Å²) in [6, 6.07) is 5.48. The van der Waals surface area contributed by atoms with Gasteiger partial charge in [0.15, 0.2) is 0 Å². The minimum Gasteiger partial charge on any atom is -0.444 e. The Bertz CT molecular complexity index is 824. The lowest BCUT2D eigenvalue weighted by Gasteiger charge is -2.46. The molecule has 0 radical (unpaired) electrons. The van der Waals surface area contributed by atoms with Crippen LogP contribution in [0.15, 0.2) is 32.7 Å². The number of nitrogens with zero attached hydrogens (tertiary/aromatic N) is 3. The zero-order chi connectivity index (χ0) is 20.5. The number of benzene rings is 1. The number of amides is 1. The highest BCUT2D eigenvalue weighted by Gasteiger charge is 2.43. The van der Waals surface area contributed by atoms with Gasteiger partial charge in [0.2, 0.25) is 11.9 Å². The zero-order valence-corrected chi connectivity index (χ0v) is 18.0. The Morgan fingerprint density at radius 2 is 1.93 bits per heavy atom. The number of anilines is 2. The molecular formula is C19H27BrN6O2. The predicted molar refractivity (Wildman–Crippen MR) is 116 cm³/mol. The van der Waals surface area contributed by atoms with Crippen molar-refractivity contribution in [2.45, 2.75) is 64.1 Å². The summed E-state index contributed by atoms with van der Waals surface area (Å²) >= 11 is 3.60. The van der Waals surface area contributed by atoms with E-state index in [4.69, 9.17) is 16.2 Å². The van der Waals surface area contributed by atoms with Crippen molar-refractivity contribution in [1.82, 2.24) is 0 Å². The number of ether oxygens (including phenoxy) is 1. The van der Waals surface area contributed by atoms with Gasteiger partial charge in [0.1, 0.15) is 11.3 Å². The van der Waals surface area contributed by atoms with E-state index in [0.717, 1.165) is 42.3 Å². The number of hydrogen-bond donors (Lipinski definition) is 3. The molecule has 1 amide bonds. The third-order valence-electron chi connectivity index (χ3n) is 4.68.